The largest absolute Gasteiger partial charge is 0.480 e. The Morgan fingerprint density at radius 1 is 1.14 bits per heavy atom. The molecule has 1 aromatic rings. The van der Waals surface area contributed by atoms with Crippen molar-refractivity contribution in [2.24, 2.45) is 5.92 Å². The van der Waals surface area contributed by atoms with Crippen molar-refractivity contribution in [3.63, 3.8) is 0 Å². The van der Waals surface area contributed by atoms with Crippen LogP contribution < -0.4 is 4.90 Å². The van der Waals surface area contributed by atoms with Crippen molar-refractivity contribution < 1.29 is 33.8 Å². The standard InChI is InChI=1S/C19H25N2O7P/c22-17(23)11-20-15-8-4-3-5-13(15)9-10-16(19(20)25)21(12-29(26,27)28)18(24)14-6-1-2-7-14/h3-5,8,14,16H,1-2,6-7,9-12H2,(H,22,23)(H2,26,27,28)/t16-/m0/s1. The van der Waals surface area contributed by atoms with Crippen LogP contribution >= 0.6 is 7.60 Å². The van der Waals surface area contributed by atoms with Gasteiger partial charge in [-0.1, -0.05) is 31.0 Å². The number of aliphatic carboxylic acids is 1. The number of rotatable bonds is 6. The zero-order valence-corrected chi connectivity index (χ0v) is 16.8. The van der Waals surface area contributed by atoms with Crippen molar-refractivity contribution in [1.29, 1.82) is 0 Å². The topological polar surface area (TPSA) is 135 Å². The molecule has 0 aromatic heterocycles. The number of carboxylic acids is 1. The molecule has 1 fully saturated rings. The average molecular weight is 424 g/mol. The molecule has 0 radical (unpaired) electrons. The van der Waals surface area contributed by atoms with Gasteiger partial charge in [0.1, 0.15) is 18.9 Å². The molecule has 10 heteroatoms. The molecule has 1 atom stereocenters. The second-order valence-corrected chi connectivity index (χ2v) is 9.21. The molecule has 1 heterocycles. The highest BCUT2D eigenvalue weighted by atomic mass is 31.2. The molecular formula is C19H25N2O7P. The van der Waals surface area contributed by atoms with Crippen molar-refractivity contribution in [1.82, 2.24) is 4.90 Å². The average Bonchev–Trinajstić information content (AvgIpc) is 3.14. The van der Waals surface area contributed by atoms with E-state index in [0.717, 1.165) is 28.2 Å². The minimum Gasteiger partial charge on any atom is -0.480 e. The maximum Gasteiger partial charge on any atom is 0.344 e. The Hall–Kier alpha value is -2.22. The lowest BCUT2D eigenvalue weighted by atomic mass is 10.0. The minimum absolute atomic E-state index is 0.171. The van der Waals surface area contributed by atoms with Crippen LogP contribution in [-0.2, 0) is 25.4 Å². The normalized spacial score (nSPS) is 20.3. The second-order valence-electron chi connectivity index (χ2n) is 7.60. The first-order chi connectivity index (χ1) is 13.7. The summed E-state index contributed by atoms with van der Waals surface area (Å²) in [7, 11) is -4.63. The molecule has 1 saturated carbocycles. The SMILES string of the molecule is O=C(O)CN1C(=O)[C@@H](N(CP(=O)(O)O)C(=O)C2CCCC2)CCc2ccccc21. The van der Waals surface area contributed by atoms with Gasteiger partial charge in [0, 0.05) is 11.6 Å². The molecule has 0 spiro atoms. The van der Waals surface area contributed by atoms with Gasteiger partial charge in [0.05, 0.1) is 0 Å². The van der Waals surface area contributed by atoms with Gasteiger partial charge in [-0.2, -0.15) is 0 Å². The Labute approximate surface area is 168 Å². The predicted octanol–water partition coefficient (Wildman–Crippen LogP) is 1.57. The van der Waals surface area contributed by atoms with E-state index in [1.165, 1.54) is 0 Å². The highest BCUT2D eigenvalue weighted by Crippen LogP contribution is 2.39. The third-order valence-electron chi connectivity index (χ3n) is 5.51. The summed E-state index contributed by atoms with van der Waals surface area (Å²) in [5, 5.41) is 9.30. The molecule has 2 amide bonds. The van der Waals surface area contributed by atoms with Gasteiger partial charge in [0.25, 0.3) is 0 Å². The molecule has 2 aliphatic rings. The van der Waals surface area contributed by atoms with E-state index in [0.29, 0.717) is 24.9 Å². The highest BCUT2D eigenvalue weighted by molar-refractivity contribution is 7.51. The number of para-hydroxylation sites is 1. The molecule has 3 rings (SSSR count). The van der Waals surface area contributed by atoms with Crippen molar-refractivity contribution in [2.45, 2.75) is 44.6 Å². The van der Waals surface area contributed by atoms with E-state index in [1.54, 1.807) is 24.3 Å². The quantitative estimate of drug-likeness (QED) is 0.590. The first-order valence-corrected chi connectivity index (χ1v) is 11.4. The Morgan fingerprint density at radius 2 is 1.79 bits per heavy atom. The van der Waals surface area contributed by atoms with E-state index in [4.69, 9.17) is 0 Å². The van der Waals surface area contributed by atoms with Gasteiger partial charge in [-0.15, -0.1) is 0 Å². The summed E-state index contributed by atoms with van der Waals surface area (Å²) in [5.41, 5.74) is 1.21. The number of nitrogens with zero attached hydrogens (tertiary/aromatic N) is 2. The minimum atomic E-state index is -4.63. The molecule has 29 heavy (non-hydrogen) atoms. The number of carbonyl (C=O) groups excluding carboxylic acids is 2. The molecule has 9 nitrogen and oxygen atoms in total. The van der Waals surface area contributed by atoms with Crippen LogP contribution in [-0.4, -0.2) is 56.4 Å². The van der Waals surface area contributed by atoms with Gasteiger partial charge in [-0.05, 0) is 37.3 Å². The number of carbonyl (C=O) groups is 3. The van der Waals surface area contributed by atoms with E-state index < -0.39 is 44.3 Å². The summed E-state index contributed by atoms with van der Waals surface area (Å²) in [6.45, 7) is -0.590. The maximum atomic E-state index is 13.3. The number of hydrogen-bond acceptors (Lipinski definition) is 4. The van der Waals surface area contributed by atoms with Crippen molar-refractivity contribution in [3.05, 3.63) is 29.8 Å². The van der Waals surface area contributed by atoms with Crippen LogP contribution in [0.25, 0.3) is 0 Å². The predicted molar refractivity (Wildman–Crippen MR) is 104 cm³/mol. The molecule has 158 valence electrons. The summed E-state index contributed by atoms with van der Waals surface area (Å²) in [6, 6.07) is 5.77. The smallest absolute Gasteiger partial charge is 0.344 e. The van der Waals surface area contributed by atoms with Gasteiger partial charge in [-0.25, -0.2) is 0 Å². The molecule has 1 aliphatic heterocycles. The second kappa shape index (κ2) is 8.65. The number of fused-ring (bicyclic) bond motifs is 1. The van der Waals surface area contributed by atoms with Gasteiger partial charge in [0.15, 0.2) is 0 Å². The van der Waals surface area contributed by atoms with Crippen LogP contribution in [0.4, 0.5) is 5.69 Å². The van der Waals surface area contributed by atoms with E-state index in [1.807, 2.05) is 0 Å². The molecule has 0 saturated heterocycles. The molecule has 1 aliphatic carbocycles. The van der Waals surface area contributed by atoms with Crippen LogP contribution in [0.3, 0.4) is 0 Å². The lowest BCUT2D eigenvalue weighted by Crippen LogP contribution is -2.53. The number of benzene rings is 1. The molecule has 0 bridgehead atoms. The zero-order valence-electron chi connectivity index (χ0n) is 15.9. The summed E-state index contributed by atoms with van der Waals surface area (Å²) in [5.74, 6) is -2.65. The van der Waals surface area contributed by atoms with Crippen LogP contribution in [0.5, 0.6) is 0 Å². The number of aryl methyl sites for hydroxylation is 1. The van der Waals surface area contributed by atoms with E-state index >= 15 is 0 Å². The van der Waals surface area contributed by atoms with Gasteiger partial charge in [0.2, 0.25) is 11.8 Å². The number of carboxylic acid groups (broad SMARTS) is 1. The maximum absolute atomic E-state index is 13.3. The van der Waals surface area contributed by atoms with Crippen molar-refractivity contribution in [3.8, 4) is 0 Å². The fourth-order valence-corrected chi connectivity index (χ4v) is 4.95. The van der Waals surface area contributed by atoms with Gasteiger partial charge in [-0.3, -0.25) is 23.8 Å². The molecular weight excluding hydrogens is 399 g/mol. The van der Waals surface area contributed by atoms with Crippen LogP contribution in [0.2, 0.25) is 0 Å². The van der Waals surface area contributed by atoms with Gasteiger partial charge < -0.3 is 19.8 Å². The summed E-state index contributed by atoms with van der Waals surface area (Å²) in [4.78, 5) is 59.0. The Morgan fingerprint density at radius 3 is 2.41 bits per heavy atom. The summed E-state index contributed by atoms with van der Waals surface area (Å²) < 4.78 is 11.8. The van der Waals surface area contributed by atoms with E-state index in [2.05, 4.69) is 0 Å². The van der Waals surface area contributed by atoms with Crippen LogP contribution in [0.15, 0.2) is 24.3 Å². The van der Waals surface area contributed by atoms with Gasteiger partial charge >= 0.3 is 13.6 Å². The molecule has 1 aromatic carbocycles. The fraction of sp³-hybridized carbons (Fsp3) is 0.526. The Bertz CT molecular complexity index is 847. The molecule has 0 unspecified atom stereocenters. The highest BCUT2D eigenvalue weighted by Gasteiger charge is 2.41. The molecule has 3 N–H and O–H groups in total. The Kier molecular flexibility index (Phi) is 6.41. The zero-order chi connectivity index (χ0) is 21.2. The first-order valence-electron chi connectivity index (χ1n) is 9.63. The summed E-state index contributed by atoms with van der Waals surface area (Å²) in [6.07, 6.45) is 2.66. The fourth-order valence-electron chi connectivity index (χ4n) is 4.21. The first kappa shape index (κ1) is 21.5. The third kappa shape index (κ3) is 5.04. The monoisotopic (exact) mass is 424 g/mol. The summed E-state index contributed by atoms with van der Waals surface area (Å²) >= 11 is 0. The lowest BCUT2D eigenvalue weighted by molar-refractivity contribution is -0.142. The number of anilines is 1. The van der Waals surface area contributed by atoms with Crippen molar-refractivity contribution >= 4 is 31.1 Å². The van der Waals surface area contributed by atoms with E-state index in [9.17, 15) is 33.8 Å². The Balaban J connectivity index is 1.98. The van der Waals surface area contributed by atoms with Crippen LogP contribution in [0.1, 0.15) is 37.7 Å². The van der Waals surface area contributed by atoms with Crippen LogP contribution in [0, 0.1) is 5.92 Å². The lowest BCUT2D eigenvalue weighted by Gasteiger charge is -2.34. The third-order valence-corrected chi connectivity index (χ3v) is 6.19. The van der Waals surface area contributed by atoms with Crippen molar-refractivity contribution in [2.75, 3.05) is 17.7 Å². The number of amides is 2. The number of hydrogen-bond donors (Lipinski definition) is 3. The van der Waals surface area contributed by atoms with E-state index in [-0.39, 0.29) is 12.3 Å².